The van der Waals surface area contributed by atoms with Gasteiger partial charge < -0.3 is 14.6 Å². The summed E-state index contributed by atoms with van der Waals surface area (Å²) in [6.45, 7) is 4.18. The van der Waals surface area contributed by atoms with Gasteiger partial charge in [-0.25, -0.2) is 4.98 Å². The predicted octanol–water partition coefficient (Wildman–Crippen LogP) is 5.18. The van der Waals surface area contributed by atoms with Crippen molar-refractivity contribution in [1.82, 2.24) is 14.9 Å². The second-order valence-corrected chi connectivity index (χ2v) is 7.86. The van der Waals surface area contributed by atoms with Crippen molar-refractivity contribution < 1.29 is 9.53 Å². The molecule has 5 nitrogen and oxygen atoms in total. The fourth-order valence-electron chi connectivity index (χ4n) is 3.82. The standard InChI is InChI=1S/C27H29N3O2/c1-21-11-5-8-16-25(21)32-20-10-9-19-30-24-15-7-6-14-23(24)29-26(30)17-18-28-27(31)22-12-3-2-4-13-22/h2-8,11-16H,9-10,17-20H2,1H3,(H,28,31). The van der Waals surface area contributed by atoms with E-state index in [1.807, 2.05) is 66.7 Å². The maximum atomic E-state index is 12.3. The summed E-state index contributed by atoms with van der Waals surface area (Å²) in [5.41, 5.74) is 3.97. The Morgan fingerprint density at radius 1 is 0.938 bits per heavy atom. The van der Waals surface area contributed by atoms with Crippen LogP contribution in [0.5, 0.6) is 5.75 Å². The molecule has 32 heavy (non-hydrogen) atoms. The first-order valence-electron chi connectivity index (χ1n) is 11.2. The van der Waals surface area contributed by atoms with Gasteiger partial charge in [0.15, 0.2) is 0 Å². The molecule has 0 spiro atoms. The van der Waals surface area contributed by atoms with E-state index in [0.717, 1.165) is 47.6 Å². The average Bonchev–Trinajstić information content (AvgIpc) is 3.18. The van der Waals surface area contributed by atoms with Crippen LogP contribution in [0.25, 0.3) is 11.0 Å². The van der Waals surface area contributed by atoms with E-state index < -0.39 is 0 Å². The molecule has 164 valence electrons. The van der Waals surface area contributed by atoms with Crippen LogP contribution in [0, 0.1) is 6.92 Å². The lowest BCUT2D eigenvalue weighted by Crippen LogP contribution is -2.26. The Morgan fingerprint density at radius 3 is 2.53 bits per heavy atom. The number of amides is 1. The highest BCUT2D eigenvalue weighted by molar-refractivity contribution is 5.94. The van der Waals surface area contributed by atoms with Gasteiger partial charge in [0.05, 0.1) is 17.6 Å². The molecule has 0 aliphatic heterocycles. The van der Waals surface area contributed by atoms with Crippen LogP contribution in [0.4, 0.5) is 0 Å². The number of benzene rings is 3. The first-order valence-corrected chi connectivity index (χ1v) is 11.2. The van der Waals surface area contributed by atoms with Gasteiger partial charge in [-0.05, 0) is 55.7 Å². The smallest absolute Gasteiger partial charge is 0.251 e. The van der Waals surface area contributed by atoms with Gasteiger partial charge in [-0.2, -0.15) is 0 Å². The summed E-state index contributed by atoms with van der Waals surface area (Å²) in [7, 11) is 0. The molecule has 1 heterocycles. The number of nitrogens with zero attached hydrogens (tertiary/aromatic N) is 2. The third-order valence-electron chi connectivity index (χ3n) is 5.53. The van der Waals surface area contributed by atoms with Crippen molar-refractivity contribution in [2.45, 2.75) is 32.7 Å². The summed E-state index contributed by atoms with van der Waals surface area (Å²) in [5.74, 6) is 1.90. The minimum absolute atomic E-state index is 0.0541. The SMILES string of the molecule is Cc1ccccc1OCCCCn1c(CCNC(=O)c2ccccc2)nc2ccccc21. The zero-order valence-corrected chi connectivity index (χ0v) is 18.5. The number of aryl methyl sites for hydroxylation is 2. The molecule has 3 aromatic carbocycles. The molecule has 1 aromatic heterocycles. The fraction of sp³-hybridized carbons (Fsp3) is 0.259. The number of hydrogen-bond donors (Lipinski definition) is 1. The van der Waals surface area contributed by atoms with Gasteiger partial charge in [0, 0.05) is 25.1 Å². The van der Waals surface area contributed by atoms with E-state index in [2.05, 4.69) is 28.9 Å². The first kappa shape index (κ1) is 21.6. The topological polar surface area (TPSA) is 56.1 Å². The molecule has 0 aliphatic rings. The van der Waals surface area contributed by atoms with E-state index in [9.17, 15) is 4.79 Å². The maximum Gasteiger partial charge on any atom is 0.251 e. The summed E-state index contributed by atoms with van der Waals surface area (Å²) in [6, 6.07) is 25.6. The molecular weight excluding hydrogens is 398 g/mol. The Bertz CT molecular complexity index is 1170. The number of hydrogen-bond acceptors (Lipinski definition) is 3. The molecule has 0 unspecified atom stereocenters. The van der Waals surface area contributed by atoms with Gasteiger partial charge in [-0.15, -0.1) is 0 Å². The van der Waals surface area contributed by atoms with Crippen molar-refractivity contribution in [1.29, 1.82) is 0 Å². The van der Waals surface area contributed by atoms with Crippen LogP contribution < -0.4 is 10.1 Å². The average molecular weight is 428 g/mol. The van der Waals surface area contributed by atoms with Gasteiger partial charge in [0.25, 0.3) is 5.91 Å². The summed E-state index contributed by atoms with van der Waals surface area (Å²) in [5, 5.41) is 3.01. The monoisotopic (exact) mass is 427 g/mol. The van der Waals surface area contributed by atoms with Crippen LogP contribution in [0.2, 0.25) is 0 Å². The molecule has 0 saturated heterocycles. The number of imidazole rings is 1. The molecule has 1 amide bonds. The highest BCUT2D eigenvalue weighted by Crippen LogP contribution is 2.19. The molecule has 1 N–H and O–H groups in total. The first-order chi connectivity index (χ1) is 15.7. The zero-order valence-electron chi connectivity index (χ0n) is 18.5. The van der Waals surface area contributed by atoms with Crippen molar-refractivity contribution >= 4 is 16.9 Å². The number of nitrogens with one attached hydrogen (secondary N) is 1. The fourth-order valence-corrected chi connectivity index (χ4v) is 3.82. The second kappa shape index (κ2) is 10.6. The number of fused-ring (bicyclic) bond motifs is 1. The molecule has 0 bridgehead atoms. The minimum Gasteiger partial charge on any atom is -0.493 e. The number of ether oxygens (including phenoxy) is 1. The molecule has 0 aliphatic carbocycles. The van der Waals surface area contributed by atoms with Crippen LogP contribution in [0.1, 0.15) is 34.6 Å². The van der Waals surface area contributed by atoms with Gasteiger partial charge in [-0.3, -0.25) is 4.79 Å². The Balaban J connectivity index is 1.34. The van der Waals surface area contributed by atoms with Crippen LogP contribution in [0.15, 0.2) is 78.9 Å². The second-order valence-electron chi connectivity index (χ2n) is 7.86. The Labute approximate surface area is 189 Å². The van der Waals surface area contributed by atoms with Crippen molar-refractivity contribution in [3.8, 4) is 5.75 Å². The number of unbranched alkanes of at least 4 members (excludes halogenated alkanes) is 1. The number of aromatic nitrogens is 2. The molecule has 4 rings (SSSR count). The van der Waals surface area contributed by atoms with Crippen molar-refractivity contribution in [2.24, 2.45) is 0 Å². The van der Waals surface area contributed by atoms with Crippen molar-refractivity contribution in [2.75, 3.05) is 13.2 Å². The minimum atomic E-state index is -0.0541. The third kappa shape index (κ3) is 5.35. The van der Waals surface area contributed by atoms with Crippen LogP contribution >= 0.6 is 0 Å². The lowest BCUT2D eigenvalue weighted by Gasteiger charge is -2.11. The Kier molecular flexibility index (Phi) is 7.18. The van der Waals surface area contributed by atoms with E-state index in [0.29, 0.717) is 25.1 Å². The van der Waals surface area contributed by atoms with Crippen LogP contribution in [-0.4, -0.2) is 28.6 Å². The van der Waals surface area contributed by atoms with Gasteiger partial charge in [0.2, 0.25) is 0 Å². The highest BCUT2D eigenvalue weighted by Gasteiger charge is 2.11. The summed E-state index contributed by atoms with van der Waals surface area (Å²) in [4.78, 5) is 17.1. The van der Waals surface area contributed by atoms with E-state index >= 15 is 0 Å². The largest absolute Gasteiger partial charge is 0.493 e. The molecule has 5 heteroatoms. The maximum absolute atomic E-state index is 12.3. The third-order valence-corrected chi connectivity index (χ3v) is 5.53. The number of carbonyl (C=O) groups excluding carboxylic acids is 1. The predicted molar refractivity (Wildman–Crippen MR) is 128 cm³/mol. The summed E-state index contributed by atoms with van der Waals surface area (Å²) >= 11 is 0. The summed E-state index contributed by atoms with van der Waals surface area (Å²) in [6.07, 6.45) is 2.65. The van der Waals surface area contributed by atoms with Crippen LogP contribution in [-0.2, 0) is 13.0 Å². The normalized spacial score (nSPS) is 10.9. The van der Waals surface area contributed by atoms with Gasteiger partial charge in [-0.1, -0.05) is 48.5 Å². The number of rotatable bonds is 10. The molecule has 0 saturated carbocycles. The number of carbonyl (C=O) groups is 1. The van der Waals surface area contributed by atoms with E-state index in [1.165, 1.54) is 0 Å². The summed E-state index contributed by atoms with van der Waals surface area (Å²) < 4.78 is 8.21. The van der Waals surface area contributed by atoms with Gasteiger partial charge >= 0.3 is 0 Å². The van der Waals surface area contributed by atoms with Crippen molar-refractivity contribution in [3.63, 3.8) is 0 Å². The Morgan fingerprint density at radius 2 is 1.69 bits per heavy atom. The highest BCUT2D eigenvalue weighted by atomic mass is 16.5. The zero-order chi connectivity index (χ0) is 22.2. The molecule has 0 fully saturated rings. The molecule has 4 aromatic rings. The van der Waals surface area contributed by atoms with E-state index in [1.54, 1.807) is 0 Å². The molecule has 0 radical (unpaired) electrons. The molecular formula is C27H29N3O2. The quantitative estimate of drug-likeness (QED) is 0.355. The van der Waals surface area contributed by atoms with Crippen LogP contribution in [0.3, 0.4) is 0 Å². The Hall–Kier alpha value is -3.60. The van der Waals surface area contributed by atoms with Gasteiger partial charge in [0.1, 0.15) is 11.6 Å². The number of para-hydroxylation sites is 3. The lowest BCUT2D eigenvalue weighted by atomic mass is 10.2. The van der Waals surface area contributed by atoms with E-state index in [-0.39, 0.29) is 5.91 Å². The van der Waals surface area contributed by atoms with Crippen molar-refractivity contribution in [3.05, 3.63) is 95.8 Å². The van der Waals surface area contributed by atoms with E-state index in [4.69, 9.17) is 9.72 Å². The molecule has 0 atom stereocenters. The lowest BCUT2D eigenvalue weighted by molar-refractivity contribution is 0.0954.